The van der Waals surface area contributed by atoms with E-state index in [-0.39, 0.29) is 49.0 Å². The van der Waals surface area contributed by atoms with Gasteiger partial charge in [-0.1, -0.05) is 18.2 Å². The minimum Gasteiger partial charge on any atom is -0.496 e. The summed E-state index contributed by atoms with van der Waals surface area (Å²) in [6, 6.07) is 10.9. The number of furan rings is 1. The normalized spacial score (nSPS) is 16.3. The predicted molar refractivity (Wildman–Crippen MR) is 103 cm³/mol. The van der Waals surface area contributed by atoms with Crippen LogP contribution in [0.3, 0.4) is 0 Å². The predicted octanol–water partition coefficient (Wildman–Crippen LogP) is 2.00. The van der Waals surface area contributed by atoms with Crippen molar-refractivity contribution >= 4 is 24.2 Å². The smallest absolute Gasteiger partial charge is 0.286 e. The van der Waals surface area contributed by atoms with Gasteiger partial charge in [0.1, 0.15) is 5.75 Å². The van der Waals surface area contributed by atoms with Crippen molar-refractivity contribution < 1.29 is 18.7 Å². The molecule has 27 heavy (non-hydrogen) atoms. The molecule has 1 aliphatic rings. The molecule has 2 N–H and O–H groups in total. The Morgan fingerprint density at radius 2 is 2.11 bits per heavy atom. The first-order valence-corrected chi connectivity index (χ1v) is 8.65. The maximum atomic E-state index is 12.7. The number of amides is 2. The van der Waals surface area contributed by atoms with Crippen LogP contribution in [0.5, 0.6) is 5.75 Å². The first-order chi connectivity index (χ1) is 12.7. The van der Waals surface area contributed by atoms with Crippen molar-refractivity contribution in [2.45, 2.75) is 12.5 Å². The molecule has 3 rings (SSSR count). The van der Waals surface area contributed by atoms with Crippen LogP contribution >= 0.6 is 12.4 Å². The van der Waals surface area contributed by atoms with Gasteiger partial charge in [-0.3, -0.25) is 9.59 Å². The maximum Gasteiger partial charge on any atom is 0.286 e. The molecule has 1 saturated heterocycles. The number of ether oxygens (including phenoxy) is 1. The summed E-state index contributed by atoms with van der Waals surface area (Å²) in [7, 11) is 1.63. The van der Waals surface area contributed by atoms with Crippen LogP contribution in [0.15, 0.2) is 47.1 Å². The van der Waals surface area contributed by atoms with Crippen molar-refractivity contribution in [1.29, 1.82) is 0 Å². The van der Waals surface area contributed by atoms with Gasteiger partial charge in [-0.15, -0.1) is 12.4 Å². The molecule has 0 radical (unpaired) electrons. The highest BCUT2D eigenvalue weighted by Gasteiger charge is 2.29. The number of methoxy groups -OCH3 is 1. The van der Waals surface area contributed by atoms with Crippen LogP contribution in [0.1, 0.15) is 28.6 Å². The highest BCUT2D eigenvalue weighted by atomic mass is 35.5. The van der Waals surface area contributed by atoms with Gasteiger partial charge < -0.3 is 24.7 Å². The fourth-order valence-corrected chi connectivity index (χ4v) is 3.14. The van der Waals surface area contributed by atoms with Crippen molar-refractivity contribution in [3.8, 4) is 5.75 Å². The molecule has 2 aromatic rings. The zero-order chi connectivity index (χ0) is 18.4. The van der Waals surface area contributed by atoms with Gasteiger partial charge in [-0.25, -0.2) is 0 Å². The van der Waals surface area contributed by atoms with E-state index in [0.717, 1.165) is 17.9 Å². The highest BCUT2D eigenvalue weighted by Crippen LogP contribution is 2.30. The molecule has 8 heteroatoms. The molecule has 146 valence electrons. The summed E-state index contributed by atoms with van der Waals surface area (Å²) in [6.07, 6.45) is 1.68. The molecule has 2 heterocycles. The minimum atomic E-state index is -0.315. The standard InChI is InChI=1S/C19H23N3O4.ClH/c1-25-16-6-3-2-5-14(16)15-13-20-10-11-22(15)18(23)8-9-21-19(24)17-7-4-12-26-17;/h2-7,12,15,20H,8-11,13H2,1H3,(H,21,24);1H. The lowest BCUT2D eigenvalue weighted by atomic mass is 10.0. The molecular formula is C19H24ClN3O4. The number of carbonyl (C=O) groups is 2. The second-order valence-electron chi connectivity index (χ2n) is 6.03. The fourth-order valence-electron chi connectivity index (χ4n) is 3.14. The molecule has 7 nitrogen and oxygen atoms in total. The summed E-state index contributed by atoms with van der Waals surface area (Å²) >= 11 is 0. The number of benzene rings is 1. The number of hydrogen-bond acceptors (Lipinski definition) is 5. The quantitative estimate of drug-likeness (QED) is 0.784. The van der Waals surface area contributed by atoms with Crippen molar-refractivity contribution in [3.63, 3.8) is 0 Å². The van der Waals surface area contributed by atoms with E-state index in [1.165, 1.54) is 6.26 Å². The number of nitrogens with one attached hydrogen (secondary N) is 2. The average molecular weight is 394 g/mol. The number of nitrogens with zero attached hydrogens (tertiary/aromatic N) is 1. The molecule has 2 amide bonds. The van der Waals surface area contributed by atoms with E-state index >= 15 is 0 Å². The Hall–Kier alpha value is -2.51. The summed E-state index contributed by atoms with van der Waals surface area (Å²) in [4.78, 5) is 26.5. The van der Waals surface area contributed by atoms with Gasteiger partial charge in [0, 0.05) is 38.2 Å². The summed E-state index contributed by atoms with van der Waals surface area (Å²) in [6.45, 7) is 2.30. The number of para-hydroxylation sites is 1. The summed E-state index contributed by atoms with van der Waals surface area (Å²) < 4.78 is 10.5. The molecule has 1 unspecified atom stereocenters. The van der Waals surface area contributed by atoms with Crippen molar-refractivity contribution in [1.82, 2.24) is 15.5 Å². The monoisotopic (exact) mass is 393 g/mol. The van der Waals surface area contributed by atoms with E-state index in [1.54, 1.807) is 19.2 Å². The van der Waals surface area contributed by atoms with Crippen LogP contribution < -0.4 is 15.4 Å². The molecule has 1 aromatic carbocycles. The summed E-state index contributed by atoms with van der Waals surface area (Å²) in [5.41, 5.74) is 0.982. The topological polar surface area (TPSA) is 83.8 Å². The first-order valence-electron chi connectivity index (χ1n) is 8.65. The largest absolute Gasteiger partial charge is 0.496 e. The van der Waals surface area contributed by atoms with Crippen molar-refractivity contribution in [3.05, 3.63) is 54.0 Å². The number of halogens is 1. The second-order valence-corrected chi connectivity index (χ2v) is 6.03. The minimum absolute atomic E-state index is 0. The first kappa shape index (κ1) is 20.8. The van der Waals surface area contributed by atoms with Gasteiger partial charge in [0.25, 0.3) is 5.91 Å². The molecule has 0 spiro atoms. The van der Waals surface area contributed by atoms with Crippen molar-refractivity contribution in [2.75, 3.05) is 33.3 Å². The lowest BCUT2D eigenvalue weighted by molar-refractivity contribution is -0.134. The zero-order valence-corrected chi connectivity index (χ0v) is 16.0. The molecule has 1 aromatic heterocycles. The number of hydrogen-bond donors (Lipinski definition) is 2. The molecular weight excluding hydrogens is 370 g/mol. The highest BCUT2D eigenvalue weighted by molar-refractivity contribution is 5.91. The Balaban J connectivity index is 0.00000261. The number of rotatable bonds is 6. The molecule has 1 aliphatic heterocycles. The van der Waals surface area contributed by atoms with E-state index in [4.69, 9.17) is 9.15 Å². The van der Waals surface area contributed by atoms with E-state index < -0.39 is 0 Å². The Morgan fingerprint density at radius 3 is 2.85 bits per heavy atom. The van der Waals surface area contributed by atoms with Crippen LogP contribution in [0.2, 0.25) is 0 Å². The van der Waals surface area contributed by atoms with Gasteiger partial charge in [0.15, 0.2) is 5.76 Å². The van der Waals surface area contributed by atoms with Gasteiger partial charge in [0.2, 0.25) is 5.91 Å². The Morgan fingerprint density at radius 1 is 1.30 bits per heavy atom. The van der Waals surface area contributed by atoms with Crippen LogP contribution in [0, 0.1) is 0 Å². The molecule has 0 saturated carbocycles. The molecule has 1 atom stereocenters. The van der Waals surface area contributed by atoms with E-state index in [2.05, 4.69) is 10.6 Å². The van der Waals surface area contributed by atoms with Gasteiger partial charge >= 0.3 is 0 Å². The molecule has 0 bridgehead atoms. The summed E-state index contributed by atoms with van der Waals surface area (Å²) in [5, 5.41) is 6.04. The van der Waals surface area contributed by atoms with Gasteiger partial charge in [-0.2, -0.15) is 0 Å². The second kappa shape index (κ2) is 9.99. The summed E-state index contributed by atoms with van der Waals surface area (Å²) in [5.74, 6) is 0.697. The third-order valence-electron chi connectivity index (χ3n) is 4.43. The fraction of sp³-hybridized carbons (Fsp3) is 0.368. The Bertz CT molecular complexity index is 751. The van der Waals surface area contributed by atoms with Crippen LogP contribution in [0.25, 0.3) is 0 Å². The van der Waals surface area contributed by atoms with Gasteiger partial charge in [0.05, 0.1) is 19.4 Å². The number of carbonyl (C=O) groups excluding carboxylic acids is 2. The van der Waals surface area contributed by atoms with Crippen LogP contribution in [0.4, 0.5) is 0 Å². The maximum absolute atomic E-state index is 12.7. The average Bonchev–Trinajstić information content (AvgIpc) is 3.22. The lowest BCUT2D eigenvalue weighted by Crippen LogP contribution is -2.49. The van der Waals surface area contributed by atoms with Gasteiger partial charge in [-0.05, 0) is 18.2 Å². The molecule has 1 fully saturated rings. The lowest BCUT2D eigenvalue weighted by Gasteiger charge is -2.37. The van der Waals surface area contributed by atoms with E-state index in [1.807, 2.05) is 29.2 Å². The molecule has 0 aliphatic carbocycles. The van der Waals surface area contributed by atoms with Crippen molar-refractivity contribution in [2.24, 2.45) is 0 Å². The Kier molecular flexibility index (Phi) is 7.69. The van der Waals surface area contributed by atoms with E-state index in [0.29, 0.717) is 13.1 Å². The number of piperazine rings is 1. The zero-order valence-electron chi connectivity index (χ0n) is 15.1. The SMILES string of the molecule is COc1ccccc1C1CNCCN1C(=O)CCNC(=O)c1ccco1.Cl. The Labute approximate surface area is 164 Å². The van der Waals surface area contributed by atoms with E-state index in [9.17, 15) is 9.59 Å². The van der Waals surface area contributed by atoms with Crippen LogP contribution in [-0.2, 0) is 4.79 Å². The third-order valence-corrected chi connectivity index (χ3v) is 4.43. The van der Waals surface area contributed by atoms with Crippen LogP contribution in [-0.4, -0.2) is 50.0 Å². The third kappa shape index (κ3) is 5.02.